The van der Waals surface area contributed by atoms with Gasteiger partial charge in [0.2, 0.25) is 0 Å². The molecule has 4 N–H and O–H groups in total. The number of phenols is 1. The van der Waals surface area contributed by atoms with E-state index in [0.29, 0.717) is 12.1 Å². The zero-order valence-corrected chi connectivity index (χ0v) is 13.7. The summed E-state index contributed by atoms with van der Waals surface area (Å²) in [7, 11) is 0. The number of phenolic OH excluding ortho intramolecular Hbond substituents is 1. The van der Waals surface area contributed by atoms with Gasteiger partial charge >= 0.3 is 36.4 Å². The van der Waals surface area contributed by atoms with Crippen molar-refractivity contribution < 1.29 is 87.5 Å². The second kappa shape index (κ2) is 12.3. The van der Waals surface area contributed by atoms with Crippen LogP contribution < -0.4 is 0 Å². The quantitative estimate of drug-likeness (QED) is 0.408. The molecule has 0 saturated carbocycles. The number of carboxylic acid groups (broad SMARTS) is 3. The number of aliphatic carboxylic acids is 3. The summed E-state index contributed by atoms with van der Waals surface area (Å²) in [6.45, 7) is 0. The van der Waals surface area contributed by atoms with Crippen LogP contribution in [0.1, 0.15) is 0 Å². The number of carboxylic acids is 3. The Morgan fingerprint density at radius 1 is 0.581 bits per heavy atom. The number of hydrogen-bond donors (Lipinski definition) is 4. The van der Waals surface area contributed by atoms with Crippen molar-refractivity contribution in [3.63, 3.8) is 0 Å². The zero-order valence-electron chi connectivity index (χ0n) is 13.7. The van der Waals surface area contributed by atoms with Gasteiger partial charge < -0.3 is 20.4 Å². The van der Waals surface area contributed by atoms with Crippen LogP contribution in [-0.2, 0) is 14.4 Å². The van der Waals surface area contributed by atoms with Gasteiger partial charge in [-0.25, -0.2) is 27.6 Å². The molecule has 0 unspecified atom stereocenters. The van der Waals surface area contributed by atoms with Crippen LogP contribution in [0.15, 0.2) is 12.1 Å². The molecular weight excluding hydrogens is 484 g/mol. The molecule has 1 aromatic carbocycles. The van der Waals surface area contributed by atoms with Crippen LogP contribution in [-0.4, -0.2) is 56.9 Å². The molecule has 31 heavy (non-hydrogen) atoms. The van der Waals surface area contributed by atoms with Gasteiger partial charge in [-0.2, -0.15) is 39.5 Å². The lowest BCUT2D eigenvalue weighted by atomic mass is 10.3. The Morgan fingerprint density at radius 3 is 0.871 bits per heavy atom. The average molecular weight is 490 g/mol. The van der Waals surface area contributed by atoms with Crippen molar-refractivity contribution in [3.05, 3.63) is 29.6 Å². The first-order chi connectivity index (χ1) is 13.4. The van der Waals surface area contributed by atoms with Gasteiger partial charge in [0.1, 0.15) is 5.82 Å². The summed E-state index contributed by atoms with van der Waals surface area (Å²) in [5.74, 6) is -13.1. The van der Waals surface area contributed by atoms with Gasteiger partial charge in [-0.15, -0.1) is 0 Å². The van der Waals surface area contributed by atoms with E-state index in [9.17, 15) is 52.7 Å². The summed E-state index contributed by atoms with van der Waals surface area (Å²) >= 11 is 0. The molecule has 0 atom stereocenters. The molecule has 0 bridgehead atoms. The highest BCUT2D eigenvalue weighted by molar-refractivity contribution is 5.73. The summed E-state index contributed by atoms with van der Waals surface area (Å²) in [6.07, 6.45) is -15.3. The maximum absolute atomic E-state index is 12.1. The molecule has 0 aliphatic heterocycles. The number of alkyl halides is 9. The molecule has 0 spiro atoms. The van der Waals surface area contributed by atoms with Gasteiger partial charge in [-0.1, -0.05) is 0 Å². The highest BCUT2D eigenvalue weighted by Crippen LogP contribution is 2.20. The Hall–Kier alpha value is -3.41. The third-order valence-electron chi connectivity index (χ3n) is 1.71. The molecular formula is C12H6F12O7. The molecule has 0 amide bonds. The van der Waals surface area contributed by atoms with Crippen molar-refractivity contribution in [2.45, 2.75) is 18.5 Å². The van der Waals surface area contributed by atoms with E-state index in [-0.39, 0.29) is 0 Å². The first-order valence-electron chi connectivity index (χ1n) is 6.18. The fourth-order valence-corrected chi connectivity index (χ4v) is 0.535. The van der Waals surface area contributed by atoms with E-state index in [0.717, 1.165) is 0 Å². The van der Waals surface area contributed by atoms with Crippen LogP contribution in [0.4, 0.5) is 52.7 Å². The lowest BCUT2D eigenvalue weighted by molar-refractivity contribution is -0.193. The van der Waals surface area contributed by atoms with E-state index in [1.807, 2.05) is 0 Å². The van der Waals surface area contributed by atoms with Crippen molar-refractivity contribution in [3.8, 4) is 5.75 Å². The predicted octanol–water partition coefficient (Wildman–Crippen LogP) is 3.71. The Bertz CT molecular complexity index is 672. The molecule has 0 aliphatic carbocycles. The molecule has 0 aromatic heterocycles. The van der Waals surface area contributed by atoms with Crippen LogP contribution >= 0.6 is 0 Å². The Morgan fingerprint density at radius 2 is 0.742 bits per heavy atom. The van der Waals surface area contributed by atoms with Crippen molar-refractivity contribution in [2.75, 3.05) is 0 Å². The van der Waals surface area contributed by atoms with Crippen LogP contribution in [0.5, 0.6) is 5.75 Å². The van der Waals surface area contributed by atoms with E-state index < -0.39 is 59.6 Å². The van der Waals surface area contributed by atoms with Gasteiger partial charge in [0.15, 0.2) is 17.4 Å². The lowest BCUT2D eigenvalue weighted by Gasteiger charge is -1.95. The van der Waals surface area contributed by atoms with E-state index in [4.69, 9.17) is 34.8 Å². The molecule has 0 radical (unpaired) electrons. The third-order valence-corrected chi connectivity index (χ3v) is 1.71. The third kappa shape index (κ3) is 17.2. The fourth-order valence-electron chi connectivity index (χ4n) is 0.535. The molecule has 180 valence electrons. The molecule has 0 aliphatic rings. The van der Waals surface area contributed by atoms with Gasteiger partial charge in [0.05, 0.1) is 0 Å². The summed E-state index contributed by atoms with van der Waals surface area (Å²) < 4.78 is 131. The molecule has 7 nitrogen and oxygen atoms in total. The lowest BCUT2D eigenvalue weighted by Crippen LogP contribution is -2.21. The molecule has 0 fully saturated rings. The van der Waals surface area contributed by atoms with Gasteiger partial charge in [0, 0.05) is 12.1 Å². The van der Waals surface area contributed by atoms with Crippen LogP contribution in [0, 0.1) is 17.5 Å². The zero-order chi connectivity index (χ0) is 26.0. The number of benzene rings is 1. The van der Waals surface area contributed by atoms with Gasteiger partial charge in [-0.05, 0) is 0 Å². The number of aromatic hydroxyl groups is 1. The van der Waals surface area contributed by atoms with Gasteiger partial charge in [-0.3, -0.25) is 0 Å². The number of halogens is 12. The van der Waals surface area contributed by atoms with Crippen molar-refractivity contribution >= 4 is 17.9 Å². The maximum Gasteiger partial charge on any atom is 0.490 e. The number of rotatable bonds is 0. The Kier molecular flexibility index (Phi) is 12.8. The normalized spacial score (nSPS) is 10.8. The maximum atomic E-state index is 12.1. The fraction of sp³-hybridized carbons (Fsp3) is 0.250. The van der Waals surface area contributed by atoms with E-state index in [1.54, 1.807) is 0 Å². The minimum atomic E-state index is -5.08. The topological polar surface area (TPSA) is 132 Å². The smallest absolute Gasteiger partial charge is 0.490 e. The molecule has 0 saturated heterocycles. The van der Waals surface area contributed by atoms with E-state index in [2.05, 4.69) is 0 Å². The molecule has 19 heteroatoms. The SMILES string of the molecule is O=C(O)C(F)(F)F.O=C(O)C(F)(F)F.O=C(O)C(F)(F)F.Oc1c(F)cc(F)cc1F. The minimum Gasteiger partial charge on any atom is -0.503 e. The second-order valence-corrected chi connectivity index (χ2v) is 4.13. The summed E-state index contributed by atoms with van der Waals surface area (Å²) in [4.78, 5) is 26.7. The molecule has 1 aromatic rings. The monoisotopic (exact) mass is 490 g/mol. The Labute approximate surface area is 160 Å². The van der Waals surface area contributed by atoms with E-state index in [1.165, 1.54) is 0 Å². The van der Waals surface area contributed by atoms with E-state index >= 15 is 0 Å². The van der Waals surface area contributed by atoms with Crippen LogP contribution in [0.2, 0.25) is 0 Å². The average Bonchev–Trinajstić information content (AvgIpc) is 2.51. The predicted molar refractivity (Wildman–Crippen MR) is 69.1 cm³/mol. The molecule has 0 heterocycles. The highest BCUT2D eigenvalue weighted by Gasteiger charge is 2.39. The second-order valence-electron chi connectivity index (χ2n) is 4.13. The van der Waals surface area contributed by atoms with Gasteiger partial charge in [0.25, 0.3) is 0 Å². The number of hydrogen-bond acceptors (Lipinski definition) is 4. The molecule has 1 rings (SSSR count). The Balaban J connectivity index is -0.000000343. The van der Waals surface area contributed by atoms with Crippen molar-refractivity contribution in [2.24, 2.45) is 0 Å². The van der Waals surface area contributed by atoms with Crippen molar-refractivity contribution in [1.29, 1.82) is 0 Å². The van der Waals surface area contributed by atoms with Crippen LogP contribution in [0.25, 0.3) is 0 Å². The summed E-state index contributed by atoms with van der Waals surface area (Å²) in [6, 6.07) is 0.802. The number of carbonyl (C=O) groups is 3. The standard InChI is InChI=1S/C6H3F3O.3C2HF3O2/c7-3-1-4(8)6(10)5(9)2-3;3*3-2(4,5)1(6)7/h1-2,10H;3*(H,6,7). The van der Waals surface area contributed by atoms with Crippen molar-refractivity contribution in [1.82, 2.24) is 0 Å². The largest absolute Gasteiger partial charge is 0.503 e. The first kappa shape index (κ1) is 32.3. The highest BCUT2D eigenvalue weighted by atomic mass is 19.4. The minimum absolute atomic E-state index is 0.401. The summed E-state index contributed by atoms with van der Waals surface area (Å²) in [5, 5.41) is 29.8. The van der Waals surface area contributed by atoms with Crippen LogP contribution in [0.3, 0.4) is 0 Å². The summed E-state index contributed by atoms with van der Waals surface area (Å²) in [5.41, 5.74) is 0. The first-order valence-corrected chi connectivity index (χ1v) is 6.18.